The summed E-state index contributed by atoms with van der Waals surface area (Å²) in [6.07, 6.45) is 4.27. The van der Waals surface area contributed by atoms with Gasteiger partial charge in [-0.05, 0) is 55.3 Å². The highest BCUT2D eigenvalue weighted by atomic mass is 32.1. The Labute approximate surface area is 150 Å². The van der Waals surface area contributed by atoms with E-state index in [9.17, 15) is 0 Å². The molecule has 0 amide bonds. The zero-order valence-corrected chi connectivity index (χ0v) is 15.5. The van der Waals surface area contributed by atoms with E-state index in [1.807, 2.05) is 31.3 Å². The highest BCUT2D eigenvalue weighted by Gasteiger charge is 2.03. The molecule has 2 N–H and O–H groups in total. The second-order valence-electron chi connectivity index (χ2n) is 6.08. The lowest BCUT2D eigenvalue weighted by Gasteiger charge is -2.12. The van der Waals surface area contributed by atoms with Gasteiger partial charge < -0.3 is 10.5 Å². The van der Waals surface area contributed by atoms with Crippen LogP contribution in [0, 0.1) is 6.92 Å². The number of hydrogen-bond acceptors (Lipinski definition) is 4. The number of rotatable bonds is 7. The number of nitrogen functional groups attached to an aromatic ring is 1. The van der Waals surface area contributed by atoms with Gasteiger partial charge in [-0.15, -0.1) is 0 Å². The number of thiol groups is 1. The lowest BCUT2D eigenvalue weighted by molar-refractivity contribution is 0.295. The van der Waals surface area contributed by atoms with Gasteiger partial charge in [0, 0.05) is 12.2 Å². The maximum absolute atomic E-state index is 6.03. The van der Waals surface area contributed by atoms with E-state index in [0.717, 1.165) is 23.5 Å². The molecule has 0 fully saturated rings. The molecule has 0 saturated heterocycles. The van der Waals surface area contributed by atoms with E-state index in [2.05, 4.69) is 57.0 Å². The Kier molecular flexibility index (Phi) is 6.76. The summed E-state index contributed by atoms with van der Waals surface area (Å²) in [5.41, 5.74) is 10.4. The van der Waals surface area contributed by atoms with Crippen molar-refractivity contribution in [3.8, 4) is 5.75 Å². The van der Waals surface area contributed by atoms with Crippen LogP contribution < -0.4 is 10.5 Å². The molecule has 0 saturated carbocycles. The molecule has 0 radical (unpaired) electrons. The van der Waals surface area contributed by atoms with Gasteiger partial charge in [0.1, 0.15) is 12.4 Å². The number of likely N-dealkylation sites (N-methyl/N-ethyl adjacent to an activating group) is 1. The first-order valence-corrected chi connectivity index (χ1v) is 8.53. The van der Waals surface area contributed by atoms with Gasteiger partial charge in [0.05, 0.1) is 0 Å². The SMILES string of the molecule is Cc1ccc(N)c(/C=C/C(C)c2ccc(OCCN(C)S)cc2)c1. The molecule has 4 heteroatoms. The standard InChI is InChI=1S/C20H26N2OS/c1-15-4-11-20(21)18(14-15)6-5-16(2)17-7-9-19(10-8-17)23-13-12-22(3)24/h4-11,14,16,24H,12-13,21H2,1-3H3/b6-5+. The maximum atomic E-state index is 6.03. The number of benzene rings is 2. The summed E-state index contributed by atoms with van der Waals surface area (Å²) in [7, 11) is 1.91. The van der Waals surface area contributed by atoms with E-state index in [4.69, 9.17) is 10.5 Å². The number of ether oxygens (including phenoxy) is 1. The first kappa shape index (κ1) is 18.4. The van der Waals surface area contributed by atoms with E-state index in [1.54, 1.807) is 4.31 Å². The summed E-state index contributed by atoms with van der Waals surface area (Å²) >= 11 is 4.19. The number of nitrogens with zero attached hydrogens (tertiary/aromatic N) is 1. The van der Waals surface area contributed by atoms with Crippen LogP contribution in [0.2, 0.25) is 0 Å². The van der Waals surface area contributed by atoms with Crippen LogP contribution in [-0.2, 0) is 0 Å². The second-order valence-corrected chi connectivity index (χ2v) is 6.76. The molecular formula is C20H26N2OS. The predicted molar refractivity (Wildman–Crippen MR) is 107 cm³/mol. The molecular weight excluding hydrogens is 316 g/mol. The molecule has 0 aliphatic rings. The number of allylic oxidation sites excluding steroid dienone is 1. The van der Waals surface area contributed by atoms with Crippen LogP contribution in [-0.4, -0.2) is 24.5 Å². The zero-order valence-electron chi connectivity index (χ0n) is 14.6. The van der Waals surface area contributed by atoms with Crippen LogP contribution in [0.15, 0.2) is 48.5 Å². The van der Waals surface area contributed by atoms with Gasteiger partial charge in [0.15, 0.2) is 0 Å². The largest absolute Gasteiger partial charge is 0.492 e. The molecule has 2 rings (SSSR count). The van der Waals surface area contributed by atoms with Crippen LogP contribution in [0.1, 0.15) is 29.5 Å². The third kappa shape index (κ3) is 5.62. The summed E-state index contributed by atoms with van der Waals surface area (Å²) in [5, 5.41) is 0. The highest BCUT2D eigenvalue weighted by Crippen LogP contribution is 2.23. The third-order valence-electron chi connectivity index (χ3n) is 3.90. The second kappa shape index (κ2) is 8.81. The topological polar surface area (TPSA) is 38.5 Å². The lowest BCUT2D eigenvalue weighted by Crippen LogP contribution is -2.14. The molecule has 0 heterocycles. The molecule has 0 aromatic heterocycles. The summed E-state index contributed by atoms with van der Waals surface area (Å²) in [6.45, 7) is 5.65. The maximum Gasteiger partial charge on any atom is 0.119 e. The van der Waals surface area contributed by atoms with E-state index in [0.29, 0.717) is 12.5 Å². The predicted octanol–water partition coefficient (Wildman–Crippen LogP) is 4.55. The zero-order chi connectivity index (χ0) is 17.5. The highest BCUT2D eigenvalue weighted by molar-refractivity contribution is 7.77. The minimum atomic E-state index is 0.308. The fourth-order valence-electron chi connectivity index (χ4n) is 2.36. The van der Waals surface area contributed by atoms with Crippen LogP contribution in [0.5, 0.6) is 5.75 Å². The van der Waals surface area contributed by atoms with Crippen LogP contribution in [0.3, 0.4) is 0 Å². The molecule has 24 heavy (non-hydrogen) atoms. The first-order valence-electron chi connectivity index (χ1n) is 8.13. The van der Waals surface area contributed by atoms with Crippen molar-refractivity contribution in [1.82, 2.24) is 4.31 Å². The molecule has 1 atom stereocenters. The normalized spacial score (nSPS) is 12.7. The monoisotopic (exact) mass is 342 g/mol. The van der Waals surface area contributed by atoms with Crippen LogP contribution in [0.4, 0.5) is 5.69 Å². The summed E-state index contributed by atoms with van der Waals surface area (Å²) in [4.78, 5) is 0. The van der Waals surface area contributed by atoms with E-state index in [-0.39, 0.29) is 0 Å². The summed E-state index contributed by atoms with van der Waals surface area (Å²) < 4.78 is 7.49. The molecule has 3 nitrogen and oxygen atoms in total. The smallest absolute Gasteiger partial charge is 0.119 e. The van der Waals surface area contributed by atoms with Crippen LogP contribution >= 0.6 is 12.8 Å². The first-order chi connectivity index (χ1) is 11.5. The molecule has 0 bridgehead atoms. The number of aryl methyl sites for hydroxylation is 1. The third-order valence-corrected chi connectivity index (χ3v) is 4.10. The molecule has 2 aromatic rings. The molecule has 128 valence electrons. The van der Waals surface area contributed by atoms with Crippen LogP contribution in [0.25, 0.3) is 6.08 Å². The van der Waals surface area contributed by atoms with Gasteiger partial charge in [-0.1, -0.05) is 55.7 Å². The number of hydrogen-bond donors (Lipinski definition) is 2. The lowest BCUT2D eigenvalue weighted by atomic mass is 9.99. The van der Waals surface area contributed by atoms with Crippen molar-refractivity contribution in [3.05, 3.63) is 65.2 Å². The fraction of sp³-hybridized carbons (Fsp3) is 0.300. The Balaban J connectivity index is 1.98. The van der Waals surface area contributed by atoms with E-state index < -0.39 is 0 Å². The molecule has 0 aliphatic carbocycles. The Morgan fingerprint density at radius 3 is 2.58 bits per heavy atom. The van der Waals surface area contributed by atoms with Gasteiger partial charge >= 0.3 is 0 Å². The quantitative estimate of drug-likeness (QED) is 0.573. The number of anilines is 1. The van der Waals surface area contributed by atoms with Crippen molar-refractivity contribution in [2.24, 2.45) is 0 Å². The van der Waals surface area contributed by atoms with Crippen molar-refractivity contribution >= 4 is 24.6 Å². The molecule has 1 unspecified atom stereocenters. The van der Waals surface area contributed by atoms with E-state index in [1.165, 1.54) is 11.1 Å². The van der Waals surface area contributed by atoms with Gasteiger partial charge in [0.2, 0.25) is 0 Å². The van der Waals surface area contributed by atoms with Gasteiger partial charge in [-0.25, -0.2) is 0 Å². The molecule has 0 aliphatic heterocycles. The van der Waals surface area contributed by atoms with Crippen molar-refractivity contribution in [1.29, 1.82) is 0 Å². The summed E-state index contributed by atoms with van der Waals surface area (Å²) in [5.74, 6) is 1.19. The Bertz CT molecular complexity index is 681. The van der Waals surface area contributed by atoms with Crippen molar-refractivity contribution in [2.75, 3.05) is 25.9 Å². The Morgan fingerprint density at radius 1 is 1.21 bits per heavy atom. The van der Waals surface area contributed by atoms with E-state index >= 15 is 0 Å². The Hall–Kier alpha value is -1.91. The van der Waals surface area contributed by atoms with Crippen molar-refractivity contribution in [2.45, 2.75) is 19.8 Å². The summed E-state index contributed by atoms with van der Waals surface area (Å²) in [6, 6.07) is 14.3. The minimum Gasteiger partial charge on any atom is -0.492 e. The average Bonchev–Trinajstić information content (AvgIpc) is 2.55. The fourth-order valence-corrected chi connectivity index (χ4v) is 2.44. The van der Waals surface area contributed by atoms with Gasteiger partial charge in [-0.2, -0.15) is 0 Å². The average molecular weight is 343 g/mol. The number of nitrogens with two attached hydrogens (primary N) is 1. The van der Waals surface area contributed by atoms with Gasteiger partial charge in [0.25, 0.3) is 0 Å². The Morgan fingerprint density at radius 2 is 1.92 bits per heavy atom. The minimum absolute atomic E-state index is 0.308. The van der Waals surface area contributed by atoms with Crippen molar-refractivity contribution in [3.63, 3.8) is 0 Å². The van der Waals surface area contributed by atoms with Gasteiger partial charge in [-0.3, -0.25) is 4.31 Å². The van der Waals surface area contributed by atoms with Crippen molar-refractivity contribution < 1.29 is 4.74 Å². The molecule has 2 aromatic carbocycles. The molecule has 0 spiro atoms.